The second-order valence-electron chi connectivity index (χ2n) is 22.9. The summed E-state index contributed by atoms with van der Waals surface area (Å²) in [6, 6.07) is 63.1. The van der Waals surface area contributed by atoms with E-state index < -0.39 is 0 Å². The first-order valence-electron chi connectivity index (χ1n) is 24.4. The van der Waals surface area contributed by atoms with Crippen molar-refractivity contribution in [2.24, 2.45) is 0 Å². The number of hydrogen-bond acceptors (Lipinski definition) is 2. The largest absolute Gasteiger partial charge is 0.503 e. The van der Waals surface area contributed by atoms with Crippen LogP contribution in [0.15, 0.2) is 170 Å². The van der Waals surface area contributed by atoms with Gasteiger partial charge in [0, 0.05) is 41.2 Å². The van der Waals surface area contributed by atoms with Crippen molar-refractivity contribution in [3.05, 3.63) is 192 Å². The molecule has 0 bridgehead atoms. The molecule has 9 aromatic rings. The van der Waals surface area contributed by atoms with Crippen molar-refractivity contribution in [3.63, 3.8) is 0 Å². The number of pyridine rings is 1. The molecule has 0 spiro atoms. The SMILES string of the molecule is CC(C)(C)c1cc(-c2cc(C(C)(C)C)cc(-c3ccccc3)c2[N+]2=C=[N+](c3cccc(Oc4ccc5c6ccccc6n(-c6cc(C(C)(C)C)ccn6)c5c4)c3)c3ccccc32)cc(C(C)(C)C)c1. The van der Waals surface area contributed by atoms with Crippen LogP contribution in [0.1, 0.15) is 105 Å². The normalized spacial score (nSPS) is 13.2. The van der Waals surface area contributed by atoms with Crippen LogP contribution in [-0.2, 0) is 21.7 Å². The molecule has 0 saturated heterocycles. The summed E-state index contributed by atoms with van der Waals surface area (Å²) in [5, 5.41) is 2.33. The molecule has 0 fully saturated rings. The number of fused-ring (bicyclic) bond motifs is 4. The van der Waals surface area contributed by atoms with Crippen molar-refractivity contribution in [3.8, 4) is 39.6 Å². The molecule has 0 N–H and O–H groups in total. The van der Waals surface area contributed by atoms with Gasteiger partial charge in [-0.3, -0.25) is 4.57 Å². The number of aromatic nitrogens is 2. The van der Waals surface area contributed by atoms with Crippen LogP contribution in [0.2, 0.25) is 0 Å². The van der Waals surface area contributed by atoms with Gasteiger partial charge in [0.25, 0.3) is 11.4 Å². The van der Waals surface area contributed by atoms with Crippen molar-refractivity contribution in [1.82, 2.24) is 18.7 Å². The van der Waals surface area contributed by atoms with E-state index in [1.54, 1.807) is 0 Å². The van der Waals surface area contributed by atoms with Crippen LogP contribution in [0.25, 0.3) is 49.9 Å². The molecule has 5 nitrogen and oxygen atoms in total. The van der Waals surface area contributed by atoms with E-state index in [1.165, 1.54) is 38.8 Å². The molecule has 7 aromatic carbocycles. The number of benzene rings is 7. The summed E-state index contributed by atoms with van der Waals surface area (Å²) in [6.07, 6.45) is 1.92. The van der Waals surface area contributed by atoms with Crippen molar-refractivity contribution in [2.45, 2.75) is 105 Å². The molecular formula is C64H64N4O+2. The maximum Gasteiger partial charge on any atom is 0.503 e. The zero-order chi connectivity index (χ0) is 48.6. The third-order valence-corrected chi connectivity index (χ3v) is 13.6. The lowest BCUT2D eigenvalue weighted by Gasteiger charge is -2.27. The highest BCUT2D eigenvalue weighted by molar-refractivity contribution is 6.09. The lowest BCUT2D eigenvalue weighted by atomic mass is 9.77. The van der Waals surface area contributed by atoms with E-state index in [2.05, 4.69) is 261 Å². The Labute approximate surface area is 408 Å². The van der Waals surface area contributed by atoms with Gasteiger partial charge in [0.05, 0.1) is 28.2 Å². The molecule has 2 aromatic heterocycles. The van der Waals surface area contributed by atoms with E-state index in [-0.39, 0.29) is 21.7 Å². The molecule has 0 radical (unpaired) electrons. The first-order chi connectivity index (χ1) is 32.7. The Morgan fingerprint density at radius 1 is 0.435 bits per heavy atom. The summed E-state index contributed by atoms with van der Waals surface area (Å²) in [5.74, 6) is 2.36. The van der Waals surface area contributed by atoms with Crippen LogP contribution in [0, 0.1) is 0 Å². The van der Waals surface area contributed by atoms with Gasteiger partial charge in [0.15, 0.2) is 0 Å². The summed E-state index contributed by atoms with van der Waals surface area (Å²) in [7, 11) is 0. The fourth-order valence-electron chi connectivity index (χ4n) is 9.52. The molecule has 0 amide bonds. The maximum absolute atomic E-state index is 6.83. The van der Waals surface area contributed by atoms with Crippen LogP contribution >= 0.6 is 0 Å². The number of rotatable bonds is 7. The van der Waals surface area contributed by atoms with Gasteiger partial charge in [-0.1, -0.05) is 168 Å². The van der Waals surface area contributed by atoms with E-state index >= 15 is 0 Å². The first-order valence-corrected chi connectivity index (χ1v) is 24.4. The van der Waals surface area contributed by atoms with Gasteiger partial charge >= 0.3 is 6.01 Å². The smallest absolute Gasteiger partial charge is 0.457 e. The second kappa shape index (κ2) is 16.7. The Bertz CT molecular complexity index is 3510. The number of ether oxygens (including phenoxy) is 1. The Morgan fingerprint density at radius 3 is 1.67 bits per heavy atom. The van der Waals surface area contributed by atoms with Gasteiger partial charge in [-0.05, 0) is 113 Å². The number of nitrogens with zero attached hydrogens (tertiary/aromatic N) is 4. The minimum Gasteiger partial charge on any atom is -0.457 e. The van der Waals surface area contributed by atoms with Crippen molar-refractivity contribution in [1.29, 1.82) is 0 Å². The second-order valence-corrected chi connectivity index (χ2v) is 22.9. The van der Waals surface area contributed by atoms with Gasteiger partial charge in [-0.2, -0.15) is 0 Å². The van der Waals surface area contributed by atoms with Gasteiger partial charge in [-0.15, -0.1) is 0 Å². The van der Waals surface area contributed by atoms with E-state index in [0.717, 1.165) is 67.6 Å². The Kier molecular flexibility index (Phi) is 11.0. The highest BCUT2D eigenvalue weighted by Gasteiger charge is 2.40. The summed E-state index contributed by atoms with van der Waals surface area (Å²) < 4.78 is 13.6. The molecule has 0 atom stereocenters. The molecule has 69 heavy (non-hydrogen) atoms. The van der Waals surface area contributed by atoms with Gasteiger partial charge in [0.1, 0.15) is 17.3 Å². The van der Waals surface area contributed by atoms with Crippen LogP contribution in [0.5, 0.6) is 11.5 Å². The zero-order valence-corrected chi connectivity index (χ0v) is 42.4. The topological polar surface area (TPSA) is 33.1 Å². The highest BCUT2D eigenvalue weighted by Crippen LogP contribution is 2.48. The number of hydrogen-bond donors (Lipinski definition) is 0. The molecule has 344 valence electrons. The molecule has 0 saturated carbocycles. The van der Waals surface area contributed by atoms with Crippen molar-refractivity contribution < 1.29 is 4.74 Å². The van der Waals surface area contributed by atoms with E-state index in [9.17, 15) is 0 Å². The lowest BCUT2D eigenvalue weighted by molar-refractivity contribution is 0.483. The van der Waals surface area contributed by atoms with Crippen molar-refractivity contribution >= 4 is 50.6 Å². The maximum atomic E-state index is 6.83. The number of para-hydroxylation sites is 3. The Balaban J connectivity index is 1.16. The van der Waals surface area contributed by atoms with E-state index in [1.807, 2.05) is 12.3 Å². The van der Waals surface area contributed by atoms with Gasteiger partial charge in [0.2, 0.25) is 11.4 Å². The van der Waals surface area contributed by atoms with Gasteiger partial charge in [-0.25, -0.2) is 4.98 Å². The molecule has 0 unspecified atom stereocenters. The predicted molar refractivity (Wildman–Crippen MR) is 292 cm³/mol. The molecule has 5 heteroatoms. The summed E-state index contributed by atoms with van der Waals surface area (Å²) >= 11 is 0. The monoisotopic (exact) mass is 905 g/mol. The summed E-state index contributed by atoms with van der Waals surface area (Å²) in [6.45, 7) is 27.6. The molecule has 3 heterocycles. The molecule has 1 aliphatic heterocycles. The Morgan fingerprint density at radius 2 is 1.00 bits per heavy atom. The van der Waals surface area contributed by atoms with Crippen molar-refractivity contribution in [2.75, 3.05) is 0 Å². The van der Waals surface area contributed by atoms with Crippen LogP contribution in [-0.4, -0.2) is 15.6 Å². The van der Waals surface area contributed by atoms with Crippen LogP contribution in [0.4, 0.5) is 22.7 Å². The standard InChI is InChI=1S/C64H64N4O/c1-61(2,3)44-31-32-65-59(38-44)68-55-26-17-16-25-51(55)52-30-29-50(40-58(52)68)69-49-24-20-23-48(39-49)66-41-67(57-28-19-18-27-56(57)66)60-53(42-21-14-13-15-22-42)36-47(64(10,11)12)37-54(60)43-33-45(62(4,5)6)35-46(34-43)63(7,8)9/h13-40H,1-12H3/q+2. The van der Waals surface area contributed by atoms with Crippen LogP contribution in [0.3, 0.4) is 0 Å². The molecular weight excluding hydrogens is 841 g/mol. The molecule has 10 rings (SSSR count). The zero-order valence-electron chi connectivity index (χ0n) is 42.4. The fourth-order valence-corrected chi connectivity index (χ4v) is 9.52. The van der Waals surface area contributed by atoms with E-state index in [4.69, 9.17) is 9.72 Å². The third-order valence-electron chi connectivity index (χ3n) is 13.6. The average Bonchev–Trinajstić information content (AvgIpc) is 3.86. The quantitative estimate of drug-likeness (QED) is 0.149. The summed E-state index contributed by atoms with van der Waals surface area (Å²) in [4.78, 5) is 4.90. The van der Waals surface area contributed by atoms with Crippen LogP contribution < -0.4 is 13.9 Å². The minimum atomic E-state index is -0.108. The first kappa shape index (κ1) is 45.5. The predicted octanol–water partition coefficient (Wildman–Crippen LogP) is 17.4. The molecule has 1 aliphatic rings. The fraction of sp³-hybridized carbons (Fsp3) is 0.250. The van der Waals surface area contributed by atoms with E-state index in [0.29, 0.717) is 0 Å². The minimum absolute atomic E-state index is 0.0188. The highest BCUT2D eigenvalue weighted by atomic mass is 16.5. The average molecular weight is 905 g/mol. The Hall–Kier alpha value is -7.33. The third kappa shape index (κ3) is 8.62. The molecule has 0 aliphatic carbocycles. The van der Waals surface area contributed by atoms with Gasteiger partial charge < -0.3 is 4.74 Å². The summed E-state index contributed by atoms with van der Waals surface area (Å²) in [5.41, 5.74) is 15.9. The lowest BCUT2D eigenvalue weighted by Crippen LogP contribution is -2.17.